The van der Waals surface area contributed by atoms with Crippen molar-refractivity contribution in [3.8, 4) is 0 Å². The van der Waals surface area contributed by atoms with E-state index < -0.39 is 15.1 Å². The van der Waals surface area contributed by atoms with Crippen LogP contribution in [-0.4, -0.2) is 35.6 Å². The van der Waals surface area contributed by atoms with E-state index in [9.17, 15) is 13.2 Å². The number of sulfone groups is 1. The van der Waals surface area contributed by atoms with Crippen molar-refractivity contribution in [2.24, 2.45) is 0 Å². The highest BCUT2D eigenvalue weighted by Crippen LogP contribution is 2.27. The lowest BCUT2D eigenvalue weighted by Gasteiger charge is -2.35. The quantitative estimate of drug-likeness (QED) is 0.858. The Hall–Kier alpha value is -2.08. The lowest BCUT2D eigenvalue weighted by Crippen LogP contribution is -2.40. The zero-order chi connectivity index (χ0) is 17.5. The number of amides is 1. The van der Waals surface area contributed by atoms with Gasteiger partial charge in [0.05, 0.1) is 16.2 Å². The molecule has 128 valence electrons. The summed E-state index contributed by atoms with van der Waals surface area (Å²) in [6.45, 7) is 6.74. The first-order chi connectivity index (χ1) is 11.3. The number of nitrogens with zero attached hydrogens (tertiary/aromatic N) is 2. The molecule has 0 bridgehead atoms. The highest BCUT2D eigenvalue weighted by molar-refractivity contribution is 7.92. The normalized spacial score (nSPS) is 17.8. The lowest BCUT2D eigenvalue weighted by atomic mass is 10.1. The molecule has 0 spiro atoms. The molecule has 1 amide bonds. The van der Waals surface area contributed by atoms with Gasteiger partial charge in [0, 0.05) is 30.5 Å². The van der Waals surface area contributed by atoms with Gasteiger partial charge >= 0.3 is 0 Å². The van der Waals surface area contributed by atoms with Crippen LogP contribution in [0.4, 0.5) is 0 Å². The van der Waals surface area contributed by atoms with Crippen molar-refractivity contribution < 1.29 is 13.2 Å². The van der Waals surface area contributed by atoms with Crippen molar-refractivity contribution in [2.75, 3.05) is 6.54 Å². The first-order valence-corrected chi connectivity index (χ1v) is 9.67. The van der Waals surface area contributed by atoms with Gasteiger partial charge in [0.15, 0.2) is 9.84 Å². The Balaban J connectivity index is 1.84. The Morgan fingerprint density at radius 2 is 1.79 bits per heavy atom. The molecule has 0 N–H and O–H groups in total. The van der Waals surface area contributed by atoms with Crippen LogP contribution in [0.5, 0.6) is 0 Å². The van der Waals surface area contributed by atoms with Crippen molar-refractivity contribution in [1.82, 2.24) is 9.47 Å². The minimum atomic E-state index is -3.32. The third-order valence-corrected chi connectivity index (χ3v) is 6.82. The maximum absolute atomic E-state index is 12.8. The van der Waals surface area contributed by atoms with Gasteiger partial charge in [0.1, 0.15) is 0 Å². The highest BCUT2D eigenvalue weighted by atomic mass is 32.2. The molecule has 0 fully saturated rings. The number of aromatic nitrogens is 1. The molecule has 3 rings (SSSR count). The van der Waals surface area contributed by atoms with Crippen LogP contribution in [0.25, 0.3) is 0 Å². The Labute approximate surface area is 142 Å². The molecule has 6 heteroatoms. The average molecular weight is 346 g/mol. The van der Waals surface area contributed by atoms with Crippen molar-refractivity contribution in [2.45, 2.75) is 43.5 Å². The Morgan fingerprint density at radius 3 is 2.42 bits per heavy atom. The summed E-state index contributed by atoms with van der Waals surface area (Å²) in [5.74, 6) is -0.0663. The van der Waals surface area contributed by atoms with Crippen LogP contribution in [0.3, 0.4) is 0 Å². The third kappa shape index (κ3) is 2.75. The van der Waals surface area contributed by atoms with Gasteiger partial charge < -0.3 is 9.47 Å². The van der Waals surface area contributed by atoms with E-state index in [1.165, 1.54) is 12.1 Å². The fourth-order valence-electron chi connectivity index (χ4n) is 3.08. The van der Waals surface area contributed by atoms with Gasteiger partial charge in [-0.15, -0.1) is 0 Å². The second kappa shape index (κ2) is 6.09. The summed E-state index contributed by atoms with van der Waals surface area (Å²) in [4.78, 5) is 14.9. The second-order valence-electron chi connectivity index (χ2n) is 6.42. The summed E-state index contributed by atoms with van der Waals surface area (Å²) < 4.78 is 26.5. The number of carbonyl (C=O) groups excluding carboxylic acids is 1. The number of hydrogen-bond donors (Lipinski definition) is 0. The minimum Gasteiger partial charge on any atom is -0.348 e. The maximum Gasteiger partial charge on any atom is 0.254 e. The predicted octanol–water partition coefficient (Wildman–Crippen LogP) is 2.89. The number of fused-ring (bicyclic) bond motifs is 1. The van der Waals surface area contributed by atoms with Crippen LogP contribution in [0, 0.1) is 0 Å². The molecule has 2 heterocycles. The molecule has 5 nitrogen and oxygen atoms in total. The molecule has 0 aliphatic carbocycles. The van der Waals surface area contributed by atoms with Gasteiger partial charge in [-0.1, -0.05) is 0 Å². The number of hydrogen-bond acceptors (Lipinski definition) is 3. The van der Waals surface area contributed by atoms with E-state index in [1.54, 1.807) is 26.0 Å². The SMILES string of the molecule is CC1c2cccn2CCN1C(=O)c1ccc(S(=O)(=O)C(C)C)cc1. The van der Waals surface area contributed by atoms with Crippen LogP contribution in [0.1, 0.15) is 42.9 Å². The molecule has 0 saturated carbocycles. The summed E-state index contributed by atoms with van der Waals surface area (Å²) >= 11 is 0. The number of rotatable bonds is 3. The zero-order valence-corrected chi connectivity index (χ0v) is 15.0. The molecular weight excluding hydrogens is 324 g/mol. The van der Waals surface area contributed by atoms with E-state index in [1.807, 2.05) is 30.2 Å². The predicted molar refractivity (Wildman–Crippen MR) is 92.6 cm³/mol. The van der Waals surface area contributed by atoms with Gasteiger partial charge in [-0.25, -0.2) is 8.42 Å². The maximum atomic E-state index is 12.8. The largest absolute Gasteiger partial charge is 0.348 e. The third-order valence-electron chi connectivity index (χ3n) is 4.65. The van der Waals surface area contributed by atoms with Crippen LogP contribution in [0.15, 0.2) is 47.5 Å². The van der Waals surface area contributed by atoms with Crippen LogP contribution in [-0.2, 0) is 16.4 Å². The molecule has 1 unspecified atom stereocenters. The van der Waals surface area contributed by atoms with E-state index in [0.717, 1.165) is 12.2 Å². The van der Waals surface area contributed by atoms with E-state index in [-0.39, 0.29) is 16.8 Å². The van der Waals surface area contributed by atoms with Gasteiger partial charge in [-0.2, -0.15) is 0 Å². The second-order valence-corrected chi connectivity index (χ2v) is 8.92. The average Bonchev–Trinajstić information content (AvgIpc) is 3.04. The fraction of sp³-hybridized carbons (Fsp3) is 0.389. The topological polar surface area (TPSA) is 59.4 Å². The molecule has 0 saturated heterocycles. The highest BCUT2D eigenvalue weighted by Gasteiger charge is 2.28. The van der Waals surface area contributed by atoms with Crippen LogP contribution < -0.4 is 0 Å². The Kier molecular flexibility index (Phi) is 4.25. The van der Waals surface area contributed by atoms with E-state index in [2.05, 4.69) is 4.57 Å². The van der Waals surface area contributed by atoms with Gasteiger partial charge in [-0.05, 0) is 57.2 Å². The molecule has 0 radical (unpaired) electrons. The molecule has 24 heavy (non-hydrogen) atoms. The smallest absolute Gasteiger partial charge is 0.254 e. The standard InChI is InChI=1S/C18H22N2O3S/c1-13(2)24(22,23)16-8-6-15(7-9-16)18(21)20-12-11-19-10-4-5-17(19)14(20)3/h4-10,13-14H,11-12H2,1-3H3. The van der Waals surface area contributed by atoms with Crippen molar-refractivity contribution >= 4 is 15.7 Å². The minimum absolute atomic E-state index is 0.000299. The molecule has 1 aliphatic heterocycles. The molecule has 1 aromatic heterocycles. The van der Waals surface area contributed by atoms with Gasteiger partial charge in [0.2, 0.25) is 0 Å². The van der Waals surface area contributed by atoms with Crippen LogP contribution in [0.2, 0.25) is 0 Å². The van der Waals surface area contributed by atoms with Crippen molar-refractivity contribution in [3.05, 3.63) is 53.9 Å². The number of benzene rings is 1. The number of carbonyl (C=O) groups is 1. The van der Waals surface area contributed by atoms with Crippen LogP contribution >= 0.6 is 0 Å². The monoisotopic (exact) mass is 346 g/mol. The fourth-order valence-corrected chi connectivity index (χ4v) is 4.14. The molecule has 2 aromatic rings. The lowest BCUT2D eigenvalue weighted by molar-refractivity contribution is 0.0644. The van der Waals surface area contributed by atoms with Crippen molar-refractivity contribution in [1.29, 1.82) is 0 Å². The molecule has 1 aromatic carbocycles. The van der Waals surface area contributed by atoms with Gasteiger partial charge in [-0.3, -0.25) is 4.79 Å². The molecule has 1 atom stereocenters. The van der Waals surface area contributed by atoms with Crippen molar-refractivity contribution in [3.63, 3.8) is 0 Å². The van der Waals surface area contributed by atoms with E-state index >= 15 is 0 Å². The summed E-state index contributed by atoms with van der Waals surface area (Å²) in [6.07, 6.45) is 2.03. The summed E-state index contributed by atoms with van der Waals surface area (Å²) in [7, 11) is -3.32. The van der Waals surface area contributed by atoms with E-state index in [4.69, 9.17) is 0 Å². The summed E-state index contributed by atoms with van der Waals surface area (Å²) in [6, 6.07) is 10.3. The Morgan fingerprint density at radius 1 is 1.12 bits per heavy atom. The molecule has 1 aliphatic rings. The van der Waals surface area contributed by atoms with E-state index in [0.29, 0.717) is 12.1 Å². The first-order valence-electron chi connectivity index (χ1n) is 8.12. The van der Waals surface area contributed by atoms with Gasteiger partial charge in [0.25, 0.3) is 5.91 Å². The summed E-state index contributed by atoms with van der Waals surface area (Å²) in [5, 5.41) is -0.478. The Bertz CT molecular complexity index is 851. The summed E-state index contributed by atoms with van der Waals surface area (Å²) in [5.41, 5.74) is 1.64. The first kappa shape index (κ1) is 16.8. The zero-order valence-electron chi connectivity index (χ0n) is 14.1. The molecular formula is C18H22N2O3S.